The minimum atomic E-state index is -1.62. The Bertz CT molecular complexity index is 1150. The minimum absolute atomic E-state index is 0.0434. The molecule has 2 fully saturated rings. The molecule has 1 saturated carbocycles. The van der Waals surface area contributed by atoms with Gasteiger partial charge in [-0.05, 0) is 11.8 Å². The molecule has 3 aliphatic rings. The van der Waals surface area contributed by atoms with Crippen molar-refractivity contribution in [1.82, 2.24) is 9.55 Å². The molecular formula is C21H22ClFN4O4. The highest BCUT2D eigenvalue weighted by atomic mass is 35.5. The van der Waals surface area contributed by atoms with Crippen LogP contribution in [-0.2, 0) is 0 Å². The molecule has 0 amide bonds. The second-order valence-electron chi connectivity index (χ2n) is 8.63. The highest BCUT2D eigenvalue weighted by Gasteiger charge is 2.43. The number of nitrogens with two attached hydrogens (primary N) is 1. The lowest BCUT2D eigenvalue weighted by Crippen LogP contribution is -2.38. The lowest BCUT2D eigenvalue weighted by molar-refractivity contribution is 0.143. The number of aromatic nitrogens is 2. The van der Waals surface area contributed by atoms with E-state index >= 15 is 0 Å². The van der Waals surface area contributed by atoms with Crippen LogP contribution in [0.2, 0.25) is 5.02 Å². The molecule has 8 nitrogen and oxygen atoms in total. The average molecular weight is 449 g/mol. The van der Waals surface area contributed by atoms with Crippen molar-refractivity contribution in [3.05, 3.63) is 39.8 Å². The van der Waals surface area contributed by atoms with Crippen molar-refractivity contribution in [2.45, 2.75) is 31.6 Å². The molecule has 6 atom stereocenters. The Morgan fingerprint density at radius 3 is 2.71 bits per heavy atom. The first-order valence-electron chi connectivity index (χ1n) is 10.2. The van der Waals surface area contributed by atoms with E-state index in [0.717, 1.165) is 6.54 Å². The molecule has 1 aliphatic heterocycles. The number of nitrogens with zero attached hydrogens (tertiary/aromatic N) is 3. The number of hydrogen-bond donors (Lipinski definition) is 2. The zero-order valence-corrected chi connectivity index (χ0v) is 17.5. The Kier molecular flexibility index (Phi) is 4.71. The summed E-state index contributed by atoms with van der Waals surface area (Å²) >= 11 is 6.76. The third kappa shape index (κ3) is 3.27. The van der Waals surface area contributed by atoms with Crippen LogP contribution in [0.1, 0.15) is 19.4 Å². The molecule has 2 aromatic heterocycles. The van der Waals surface area contributed by atoms with Crippen LogP contribution >= 0.6 is 11.6 Å². The number of carbonyl (C=O) groups is 1. The molecule has 1 saturated heterocycles. The standard InChI is InChI=1S/C21H22ClFN4O4/c1-9-2-3-14(24)12-7-26(6-11(9)12)20-17(22)18-10(5-25-20)19(28)16(31-21(29)30)8-27(18)15-4-13(15)23/h2-3,5,8-9,11-15H,4,6-7,24H2,1H3,(H,29,30)/t9-,11-,12-,13-,14+,15+/m0/s1. The molecule has 0 radical (unpaired) electrons. The number of ether oxygens (including phenoxy) is 1. The van der Waals surface area contributed by atoms with Crippen LogP contribution in [0.4, 0.5) is 15.0 Å². The third-order valence-corrected chi connectivity index (χ3v) is 7.06. The van der Waals surface area contributed by atoms with E-state index in [-0.39, 0.29) is 28.8 Å². The topological polar surface area (TPSA) is 111 Å². The van der Waals surface area contributed by atoms with Gasteiger partial charge in [-0.1, -0.05) is 30.7 Å². The lowest BCUT2D eigenvalue weighted by atomic mass is 9.77. The van der Waals surface area contributed by atoms with Crippen LogP contribution < -0.4 is 20.8 Å². The number of alkyl halides is 1. The largest absolute Gasteiger partial charge is 0.511 e. The zero-order chi connectivity index (χ0) is 22.0. The van der Waals surface area contributed by atoms with Gasteiger partial charge in [0.2, 0.25) is 5.43 Å². The van der Waals surface area contributed by atoms with E-state index in [1.54, 1.807) is 0 Å². The van der Waals surface area contributed by atoms with E-state index in [4.69, 9.17) is 22.4 Å². The minimum Gasteiger partial charge on any atom is -0.449 e. The van der Waals surface area contributed by atoms with Gasteiger partial charge >= 0.3 is 6.16 Å². The summed E-state index contributed by atoms with van der Waals surface area (Å²) < 4.78 is 20.1. The van der Waals surface area contributed by atoms with Gasteiger partial charge in [0.05, 0.1) is 23.1 Å². The van der Waals surface area contributed by atoms with Crippen LogP contribution in [-0.4, -0.2) is 46.1 Å². The lowest BCUT2D eigenvalue weighted by Gasteiger charge is -2.30. The van der Waals surface area contributed by atoms with E-state index in [1.165, 1.54) is 17.0 Å². The fraction of sp³-hybridized carbons (Fsp3) is 0.476. The van der Waals surface area contributed by atoms with Gasteiger partial charge in [0.1, 0.15) is 17.0 Å². The summed E-state index contributed by atoms with van der Waals surface area (Å²) in [5, 5.41) is 9.27. The molecule has 3 heterocycles. The van der Waals surface area contributed by atoms with Crippen molar-refractivity contribution in [2.75, 3.05) is 18.0 Å². The van der Waals surface area contributed by atoms with E-state index in [9.17, 15) is 14.0 Å². The quantitative estimate of drug-likeness (QED) is 0.548. The predicted molar refractivity (Wildman–Crippen MR) is 114 cm³/mol. The molecular weight excluding hydrogens is 427 g/mol. The molecule has 0 bridgehead atoms. The molecule has 5 rings (SSSR count). The molecule has 0 unspecified atom stereocenters. The maximum atomic E-state index is 14.0. The zero-order valence-electron chi connectivity index (χ0n) is 16.7. The van der Waals surface area contributed by atoms with Crippen LogP contribution in [0, 0.1) is 17.8 Å². The monoisotopic (exact) mass is 448 g/mol. The maximum Gasteiger partial charge on any atom is 0.511 e. The Hall–Kier alpha value is -2.65. The number of pyridine rings is 2. The van der Waals surface area contributed by atoms with Gasteiger partial charge in [-0.25, -0.2) is 14.2 Å². The Balaban J connectivity index is 1.61. The first-order valence-corrected chi connectivity index (χ1v) is 10.6. The van der Waals surface area contributed by atoms with E-state index < -0.39 is 29.5 Å². The summed E-state index contributed by atoms with van der Waals surface area (Å²) in [6, 6.07) is -0.580. The highest BCUT2D eigenvalue weighted by molar-refractivity contribution is 6.37. The number of allylic oxidation sites excluding steroid dienone is 1. The molecule has 2 aromatic rings. The second kappa shape index (κ2) is 7.20. The third-order valence-electron chi connectivity index (χ3n) is 6.71. The molecule has 3 N–H and O–H groups in total. The Labute approximate surface area is 182 Å². The number of fused-ring (bicyclic) bond motifs is 2. The van der Waals surface area contributed by atoms with Crippen LogP contribution in [0.3, 0.4) is 0 Å². The van der Waals surface area contributed by atoms with Gasteiger partial charge in [-0.15, -0.1) is 0 Å². The molecule has 2 aliphatic carbocycles. The molecule has 0 aromatic carbocycles. The summed E-state index contributed by atoms with van der Waals surface area (Å²) in [5.74, 6) is 1.12. The van der Waals surface area contributed by atoms with Crippen molar-refractivity contribution in [1.29, 1.82) is 0 Å². The van der Waals surface area contributed by atoms with Crippen LogP contribution in [0.25, 0.3) is 10.9 Å². The number of halogens is 2. The Morgan fingerprint density at radius 1 is 1.35 bits per heavy atom. The predicted octanol–water partition coefficient (Wildman–Crippen LogP) is 2.98. The van der Waals surface area contributed by atoms with Crippen LogP contribution in [0.5, 0.6) is 5.75 Å². The summed E-state index contributed by atoms with van der Waals surface area (Å²) in [6.45, 7) is 3.56. The van der Waals surface area contributed by atoms with Gasteiger partial charge in [0.15, 0.2) is 5.75 Å². The SMILES string of the molecule is C[C@H]1C=C[C@@H](N)[C@H]2CN(c3ncc4c(=O)c(OC(=O)O)cn([C@@H]5C[C@@H]5F)c4c3Cl)C[C@H]21. The van der Waals surface area contributed by atoms with Gasteiger partial charge in [0.25, 0.3) is 0 Å². The van der Waals surface area contributed by atoms with Gasteiger partial charge in [-0.2, -0.15) is 0 Å². The van der Waals surface area contributed by atoms with E-state index in [1.807, 2.05) is 6.08 Å². The maximum absolute atomic E-state index is 14.0. The van der Waals surface area contributed by atoms with Crippen LogP contribution in [0.15, 0.2) is 29.3 Å². The van der Waals surface area contributed by atoms with Gasteiger partial charge in [-0.3, -0.25) is 4.79 Å². The number of carboxylic acid groups (broad SMARTS) is 1. The fourth-order valence-corrected chi connectivity index (χ4v) is 5.30. The summed E-state index contributed by atoms with van der Waals surface area (Å²) in [4.78, 5) is 30.3. The summed E-state index contributed by atoms with van der Waals surface area (Å²) in [5.41, 5.74) is 5.98. The first kappa shape index (κ1) is 20.3. The fourth-order valence-electron chi connectivity index (χ4n) is 4.94. The highest BCUT2D eigenvalue weighted by Crippen LogP contribution is 2.45. The summed E-state index contributed by atoms with van der Waals surface area (Å²) in [6.07, 6.45) is 4.31. The number of anilines is 1. The normalized spacial score (nSPS) is 31.7. The number of hydrogen-bond acceptors (Lipinski definition) is 6. The van der Waals surface area contributed by atoms with Crippen molar-refractivity contribution in [3.63, 3.8) is 0 Å². The smallest absolute Gasteiger partial charge is 0.449 e. The van der Waals surface area contributed by atoms with Gasteiger partial charge < -0.3 is 25.0 Å². The number of rotatable bonds is 3. The Morgan fingerprint density at radius 2 is 2.06 bits per heavy atom. The molecule has 164 valence electrons. The molecule has 10 heteroatoms. The van der Waals surface area contributed by atoms with Gasteiger partial charge in [0, 0.05) is 37.7 Å². The van der Waals surface area contributed by atoms with E-state index in [2.05, 4.69) is 27.6 Å². The van der Waals surface area contributed by atoms with Crippen molar-refractivity contribution in [3.8, 4) is 5.75 Å². The average Bonchev–Trinajstić information content (AvgIpc) is 3.26. The van der Waals surface area contributed by atoms with Crippen molar-refractivity contribution < 1.29 is 19.0 Å². The molecule has 0 spiro atoms. The van der Waals surface area contributed by atoms with E-state index in [0.29, 0.717) is 29.7 Å². The first-order chi connectivity index (χ1) is 14.8. The molecule has 31 heavy (non-hydrogen) atoms. The van der Waals surface area contributed by atoms with Crippen molar-refractivity contribution in [2.24, 2.45) is 23.5 Å². The second-order valence-corrected chi connectivity index (χ2v) is 9.01. The summed E-state index contributed by atoms with van der Waals surface area (Å²) in [7, 11) is 0. The van der Waals surface area contributed by atoms with Crippen molar-refractivity contribution >= 4 is 34.5 Å².